The van der Waals surface area contributed by atoms with Crippen molar-refractivity contribution in [3.8, 4) is 11.5 Å². The number of hydrogen-bond donors (Lipinski definition) is 2. The molecular weight excluding hydrogens is 368 g/mol. The fourth-order valence-corrected chi connectivity index (χ4v) is 5.33. The number of nitrogens with two attached hydrogens (primary N) is 2. The third-order valence-corrected chi connectivity index (χ3v) is 6.55. The Morgan fingerprint density at radius 1 is 1.27 bits per heavy atom. The highest BCUT2D eigenvalue weighted by Gasteiger charge is 2.47. The molecule has 0 amide bonds. The molecule has 0 aromatic heterocycles. The van der Waals surface area contributed by atoms with Crippen LogP contribution in [0.25, 0.3) is 5.57 Å². The van der Waals surface area contributed by atoms with Crippen molar-refractivity contribution < 1.29 is 13.1 Å². The Bertz CT molecular complexity index is 780. The van der Waals surface area contributed by atoms with E-state index in [0.29, 0.717) is 5.75 Å². The zero-order valence-electron chi connectivity index (χ0n) is 15.0. The number of fused-ring (bicyclic) bond motifs is 4. The molecule has 7 heteroatoms. The molecule has 2 aliphatic carbocycles. The van der Waals surface area contributed by atoms with Gasteiger partial charge in [0, 0.05) is 17.0 Å². The molecule has 3 unspecified atom stereocenters. The predicted molar refractivity (Wildman–Crippen MR) is 107 cm³/mol. The topological polar surface area (TPSA) is 79.7 Å². The smallest absolute Gasteiger partial charge is 0.142 e. The van der Waals surface area contributed by atoms with Gasteiger partial charge in [0.05, 0.1) is 18.3 Å². The minimum absolute atomic E-state index is 0.00608. The van der Waals surface area contributed by atoms with Gasteiger partial charge in [-0.1, -0.05) is 13.0 Å². The Hall–Kier alpha value is -1.12. The normalized spacial score (nSPS) is 29.9. The van der Waals surface area contributed by atoms with E-state index in [0.717, 1.165) is 61.5 Å². The van der Waals surface area contributed by atoms with Crippen LogP contribution in [0.15, 0.2) is 35.4 Å². The summed E-state index contributed by atoms with van der Waals surface area (Å²) in [6.45, 7) is 4.43. The van der Waals surface area contributed by atoms with Gasteiger partial charge < -0.3 is 8.92 Å². The second kappa shape index (κ2) is 7.13. The molecule has 26 heavy (non-hydrogen) atoms. The molecule has 5 nitrogen and oxygen atoms in total. The van der Waals surface area contributed by atoms with Crippen LogP contribution in [0, 0.1) is 5.41 Å². The molecule has 0 spiro atoms. The van der Waals surface area contributed by atoms with Crippen molar-refractivity contribution in [2.75, 3.05) is 0 Å². The van der Waals surface area contributed by atoms with Gasteiger partial charge in [-0.3, -0.25) is 9.32 Å². The summed E-state index contributed by atoms with van der Waals surface area (Å²) in [6.07, 6.45) is 6.58. The van der Waals surface area contributed by atoms with E-state index in [1.54, 1.807) is 0 Å². The fraction of sp³-hybridized carbons (Fsp3) is 0.474. The largest absolute Gasteiger partial charge is 0.485 e. The highest BCUT2D eigenvalue weighted by Crippen LogP contribution is 2.56. The Labute approximate surface area is 163 Å². The van der Waals surface area contributed by atoms with Crippen molar-refractivity contribution in [3.05, 3.63) is 41.0 Å². The van der Waals surface area contributed by atoms with Crippen LogP contribution in [-0.2, 0) is 4.18 Å². The lowest BCUT2D eigenvalue weighted by Crippen LogP contribution is -2.43. The maximum absolute atomic E-state index is 6.28. The van der Waals surface area contributed by atoms with E-state index in [2.05, 4.69) is 26.0 Å². The van der Waals surface area contributed by atoms with Crippen molar-refractivity contribution in [1.29, 1.82) is 0 Å². The van der Waals surface area contributed by atoms with E-state index < -0.39 is 0 Å². The zero-order valence-corrected chi connectivity index (χ0v) is 16.6. The Morgan fingerprint density at radius 3 is 2.88 bits per heavy atom. The molecule has 0 bridgehead atoms. The van der Waals surface area contributed by atoms with E-state index in [1.165, 1.54) is 16.7 Å². The molecule has 0 saturated heterocycles. The summed E-state index contributed by atoms with van der Waals surface area (Å²) in [5.74, 6) is 1.58. The number of hydrogen-bond acceptors (Lipinski definition) is 7. The Balaban J connectivity index is 1.78. The van der Waals surface area contributed by atoms with Crippen molar-refractivity contribution >= 4 is 30.0 Å². The molecule has 0 radical (unpaired) electrons. The first-order valence-electron chi connectivity index (χ1n) is 8.89. The maximum Gasteiger partial charge on any atom is 0.142 e. The summed E-state index contributed by atoms with van der Waals surface area (Å²) < 4.78 is 17.5. The number of rotatable bonds is 4. The van der Waals surface area contributed by atoms with Gasteiger partial charge in [-0.05, 0) is 61.5 Å². The summed E-state index contributed by atoms with van der Waals surface area (Å²) in [4.78, 5) is 0. The van der Waals surface area contributed by atoms with Gasteiger partial charge in [-0.25, -0.2) is 5.14 Å². The minimum Gasteiger partial charge on any atom is -0.485 e. The highest BCUT2D eigenvalue weighted by molar-refractivity contribution is 7.92. The number of allylic oxidation sites excluding steroid dienone is 2. The van der Waals surface area contributed by atoms with Gasteiger partial charge in [0.1, 0.15) is 29.8 Å². The van der Waals surface area contributed by atoms with Gasteiger partial charge in [0.15, 0.2) is 0 Å². The van der Waals surface area contributed by atoms with Crippen molar-refractivity contribution in [3.63, 3.8) is 0 Å². The van der Waals surface area contributed by atoms with Gasteiger partial charge >= 0.3 is 0 Å². The summed E-state index contributed by atoms with van der Waals surface area (Å²) >= 11 is 1.83. The van der Waals surface area contributed by atoms with Gasteiger partial charge in [-0.15, -0.1) is 0 Å². The minimum atomic E-state index is -0.0161. The van der Waals surface area contributed by atoms with E-state index in [-0.39, 0.29) is 17.6 Å². The third-order valence-electron chi connectivity index (χ3n) is 5.92. The SMILES string of the molecule is CC1Oc2cc(OSN)ccc2C2=C1C1=CCCC(OSN)C1(C)CC2. The van der Waals surface area contributed by atoms with E-state index >= 15 is 0 Å². The maximum atomic E-state index is 6.28. The quantitative estimate of drug-likeness (QED) is 0.575. The molecule has 1 heterocycles. The van der Waals surface area contributed by atoms with Gasteiger partial charge in [0.25, 0.3) is 0 Å². The van der Waals surface area contributed by atoms with Crippen molar-refractivity contribution in [2.45, 2.75) is 51.7 Å². The predicted octanol–water partition coefficient (Wildman–Crippen LogP) is 4.55. The Kier molecular flexibility index (Phi) is 5.00. The standard InChI is InChI=1S/C19H24N2O3S2/c1-11-18-14(13-7-6-12(23-25-20)10-16(13)22-11)8-9-19(2)15(18)4-3-5-17(19)24-26-21/h4,6-7,10-11,17H,3,5,8-9,20-21H2,1-2H3. The van der Waals surface area contributed by atoms with Crippen LogP contribution < -0.4 is 19.2 Å². The van der Waals surface area contributed by atoms with Crippen LogP contribution in [-0.4, -0.2) is 12.2 Å². The van der Waals surface area contributed by atoms with E-state index in [9.17, 15) is 0 Å². The second-order valence-corrected chi connectivity index (χ2v) is 8.03. The molecule has 0 saturated carbocycles. The molecule has 3 atom stereocenters. The van der Waals surface area contributed by atoms with E-state index in [4.69, 9.17) is 23.4 Å². The van der Waals surface area contributed by atoms with Crippen LogP contribution in [0.5, 0.6) is 11.5 Å². The monoisotopic (exact) mass is 392 g/mol. The third kappa shape index (κ3) is 2.86. The summed E-state index contributed by atoms with van der Waals surface area (Å²) in [5, 5.41) is 11.0. The molecule has 3 aliphatic rings. The lowest BCUT2D eigenvalue weighted by atomic mass is 9.61. The first-order chi connectivity index (χ1) is 12.6. The first-order valence-corrected chi connectivity index (χ1v) is 10.5. The number of ether oxygens (including phenoxy) is 1. The average molecular weight is 393 g/mol. The lowest BCUT2D eigenvalue weighted by molar-refractivity contribution is 0.0814. The molecule has 1 aliphatic heterocycles. The molecule has 4 N–H and O–H groups in total. The molecule has 140 valence electrons. The summed E-state index contributed by atoms with van der Waals surface area (Å²) in [5.41, 5.74) is 5.23. The van der Waals surface area contributed by atoms with Gasteiger partial charge in [-0.2, -0.15) is 0 Å². The number of benzene rings is 1. The van der Waals surface area contributed by atoms with Crippen LogP contribution in [0.3, 0.4) is 0 Å². The molecular formula is C19H24N2O3S2. The van der Waals surface area contributed by atoms with Gasteiger partial charge in [0.2, 0.25) is 0 Å². The lowest BCUT2D eigenvalue weighted by Gasteiger charge is -2.48. The molecule has 4 rings (SSSR count). The van der Waals surface area contributed by atoms with E-state index in [1.807, 2.05) is 12.1 Å². The summed E-state index contributed by atoms with van der Waals surface area (Å²) in [6, 6.07) is 5.95. The zero-order chi connectivity index (χ0) is 18.3. The van der Waals surface area contributed by atoms with Crippen LogP contribution in [0.2, 0.25) is 0 Å². The van der Waals surface area contributed by atoms with Crippen molar-refractivity contribution in [2.24, 2.45) is 15.7 Å². The van der Waals surface area contributed by atoms with Crippen LogP contribution in [0.4, 0.5) is 0 Å². The molecule has 1 aromatic rings. The molecule has 1 aromatic carbocycles. The first kappa shape index (κ1) is 18.3. The molecule has 0 fully saturated rings. The van der Waals surface area contributed by atoms with Crippen LogP contribution in [0.1, 0.15) is 45.1 Å². The summed E-state index contributed by atoms with van der Waals surface area (Å²) in [7, 11) is 0. The fourth-order valence-electron chi connectivity index (χ4n) is 4.67. The second-order valence-electron chi connectivity index (χ2n) is 7.28. The van der Waals surface area contributed by atoms with Crippen molar-refractivity contribution in [1.82, 2.24) is 0 Å². The van der Waals surface area contributed by atoms with Crippen LogP contribution >= 0.6 is 24.5 Å². The highest BCUT2D eigenvalue weighted by atomic mass is 32.2. The average Bonchev–Trinajstić information content (AvgIpc) is 2.62. The Morgan fingerprint density at radius 2 is 2.12 bits per heavy atom.